The number of hydrogen-bond donors (Lipinski definition) is 2. The van der Waals surface area contributed by atoms with Crippen LogP contribution in [-0.2, 0) is 22.6 Å². The van der Waals surface area contributed by atoms with E-state index in [1.165, 1.54) is 10.9 Å². The van der Waals surface area contributed by atoms with Crippen LogP contribution >= 0.6 is 0 Å². The summed E-state index contributed by atoms with van der Waals surface area (Å²) in [6.45, 7) is 3.07. The van der Waals surface area contributed by atoms with Crippen LogP contribution in [0.5, 0.6) is 0 Å². The number of benzene rings is 2. The van der Waals surface area contributed by atoms with Crippen molar-refractivity contribution in [3.63, 3.8) is 0 Å². The van der Waals surface area contributed by atoms with Gasteiger partial charge in [0.15, 0.2) is 0 Å². The normalized spacial score (nSPS) is 18.5. The number of carbonyl (C=O) groups is 2. The van der Waals surface area contributed by atoms with Crippen LogP contribution in [0.25, 0.3) is 10.9 Å². The minimum absolute atomic E-state index is 0.128. The third-order valence-corrected chi connectivity index (χ3v) is 5.91. The van der Waals surface area contributed by atoms with Gasteiger partial charge < -0.3 is 15.0 Å². The Morgan fingerprint density at radius 2 is 1.90 bits per heavy atom. The lowest BCUT2D eigenvalue weighted by molar-refractivity contribution is -0.130. The first-order chi connectivity index (χ1) is 14.6. The molecule has 4 rings (SSSR count). The number of likely N-dealkylation sites (tertiary alicyclic amines) is 1. The van der Waals surface area contributed by atoms with Crippen molar-refractivity contribution >= 4 is 22.9 Å². The van der Waals surface area contributed by atoms with E-state index in [4.69, 9.17) is 4.74 Å². The van der Waals surface area contributed by atoms with Gasteiger partial charge in [-0.05, 0) is 43.4 Å². The largest absolute Gasteiger partial charge is 0.445 e. The molecule has 0 bridgehead atoms. The highest BCUT2D eigenvalue weighted by Crippen LogP contribution is 2.30. The zero-order valence-electron chi connectivity index (χ0n) is 17.2. The fourth-order valence-electron chi connectivity index (χ4n) is 4.13. The van der Waals surface area contributed by atoms with E-state index in [1.54, 1.807) is 4.90 Å². The van der Waals surface area contributed by atoms with Gasteiger partial charge in [-0.15, -0.1) is 0 Å². The number of ether oxygens (including phenoxy) is 1. The van der Waals surface area contributed by atoms with Crippen LogP contribution in [-0.4, -0.2) is 40.5 Å². The van der Waals surface area contributed by atoms with Crippen molar-refractivity contribution in [2.75, 3.05) is 13.1 Å². The number of aromatic amines is 1. The van der Waals surface area contributed by atoms with Crippen LogP contribution in [0.15, 0.2) is 60.8 Å². The maximum atomic E-state index is 13.0. The topological polar surface area (TPSA) is 74.4 Å². The highest BCUT2D eigenvalue weighted by molar-refractivity contribution is 5.90. The number of nitrogens with one attached hydrogen (secondary N) is 2. The number of fused-ring (bicyclic) bond motifs is 1. The molecule has 156 valence electrons. The molecule has 2 N–H and O–H groups in total. The van der Waals surface area contributed by atoms with Crippen LogP contribution in [0, 0.1) is 0 Å². The monoisotopic (exact) mass is 405 g/mol. The molecule has 1 saturated heterocycles. The standard InChI is InChI=1S/C24H27N3O3/c1-24(13-7-15-27(24)23(29)30-17-18-8-3-2-4-9-18)22(28)25-14-12-19-16-26-21-11-6-5-10-20(19)21/h2-6,8-11,16,26H,7,12-15,17H2,1H3,(H,25,28). The Hall–Kier alpha value is -3.28. The van der Waals surface area contributed by atoms with Gasteiger partial charge in [0.25, 0.3) is 0 Å². The number of nitrogens with zero attached hydrogens (tertiary/aromatic N) is 1. The van der Waals surface area contributed by atoms with Gasteiger partial charge in [0, 0.05) is 30.2 Å². The molecule has 0 spiro atoms. The molecule has 1 fully saturated rings. The zero-order chi connectivity index (χ0) is 21.0. The summed E-state index contributed by atoms with van der Waals surface area (Å²) in [5.74, 6) is -0.128. The van der Waals surface area contributed by atoms with Crippen molar-refractivity contribution in [1.29, 1.82) is 0 Å². The molecule has 30 heavy (non-hydrogen) atoms. The molecule has 6 nitrogen and oxygen atoms in total. The fraction of sp³-hybridized carbons (Fsp3) is 0.333. The van der Waals surface area contributed by atoms with E-state index in [0.717, 1.165) is 23.9 Å². The molecule has 1 unspecified atom stereocenters. The minimum Gasteiger partial charge on any atom is -0.445 e. The maximum Gasteiger partial charge on any atom is 0.410 e. The van der Waals surface area contributed by atoms with E-state index < -0.39 is 11.6 Å². The second-order valence-electron chi connectivity index (χ2n) is 7.93. The van der Waals surface area contributed by atoms with Crippen LogP contribution in [0.3, 0.4) is 0 Å². The summed E-state index contributed by atoms with van der Waals surface area (Å²) in [4.78, 5) is 30.5. The first kappa shape index (κ1) is 20.0. The smallest absolute Gasteiger partial charge is 0.410 e. The van der Waals surface area contributed by atoms with Crippen molar-refractivity contribution in [3.8, 4) is 0 Å². The van der Waals surface area contributed by atoms with Gasteiger partial charge in [-0.2, -0.15) is 0 Å². The molecule has 2 aromatic carbocycles. The molecule has 2 amide bonds. The summed E-state index contributed by atoms with van der Waals surface area (Å²) in [6, 6.07) is 17.7. The molecular formula is C24H27N3O3. The molecule has 0 radical (unpaired) electrons. The van der Waals surface area contributed by atoms with Crippen LogP contribution in [0.2, 0.25) is 0 Å². The van der Waals surface area contributed by atoms with Crippen LogP contribution in [0.1, 0.15) is 30.9 Å². The van der Waals surface area contributed by atoms with E-state index in [-0.39, 0.29) is 12.5 Å². The van der Waals surface area contributed by atoms with E-state index in [0.29, 0.717) is 19.5 Å². The molecular weight excluding hydrogens is 378 g/mol. The van der Waals surface area contributed by atoms with Gasteiger partial charge in [0.05, 0.1) is 0 Å². The molecule has 3 aromatic rings. The number of H-pyrrole nitrogens is 1. The van der Waals surface area contributed by atoms with E-state index in [1.807, 2.05) is 61.7 Å². The third kappa shape index (κ3) is 4.03. The van der Waals surface area contributed by atoms with Crippen molar-refractivity contribution in [1.82, 2.24) is 15.2 Å². The average Bonchev–Trinajstić information content (AvgIpc) is 3.37. The van der Waals surface area contributed by atoms with Crippen molar-refractivity contribution in [2.45, 2.75) is 38.3 Å². The Kier molecular flexibility index (Phi) is 5.74. The lowest BCUT2D eigenvalue weighted by atomic mass is 9.98. The van der Waals surface area contributed by atoms with Gasteiger partial charge in [-0.3, -0.25) is 9.69 Å². The van der Waals surface area contributed by atoms with Gasteiger partial charge in [-0.1, -0.05) is 48.5 Å². The van der Waals surface area contributed by atoms with Gasteiger partial charge in [0.1, 0.15) is 12.1 Å². The van der Waals surface area contributed by atoms with Gasteiger partial charge >= 0.3 is 6.09 Å². The van der Waals surface area contributed by atoms with Crippen molar-refractivity contribution < 1.29 is 14.3 Å². The fourth-order valence-corrected chi connectivity index (χ4v) is 4.13. The third-order valence-electron chi connectivity index (χ3n) is 5.91. The van der Waals surface area contributed by atoms with E-state index in [2.05, 4.69) is 16.4 Å². The Labute approximate surface area is 176 Å². The minimum atomic E-state index is -0.881. The molecule has 6 heteroatoms. The SMILES string of the molecule is CC1(C(=O)NCCc2c[nH]c3ccccc23)CCCN1C(=O)OCc1ccccc1. The summed E-state index contributed by atoms with van der Waals surface area (Å²) < 4.78 is 5.47. The van der Waals surface area contributed by atoms with Gasteiger partial charge in [0.2, 0.25) is 5.91 Å². The number of hydrogen-bond acceptors (Lipinski definition) is 3. The summed E-state index contributed by atoms with van der Waals surface area (Å²) in [5, 5.41) is 4.20. The second-order valence-corrected chi connectivity index (χ2v) is 7.93. The Morgan fingerprint density at radius 1 is 1.13 bits per heavy atom. The van der Waals surface area contributed by atoms with Gasteiger partial charge in [-0.25, -0.2) is 4.79 Å². The number of amides is 2. The zero-order valence-corrected chi connectivity index (χ0v) is 17.2. The molecule has 0 saturated carbocycles. The number of rotatable bonds is 6. The first-order valence-electron chi connectivity index (χ1n) is 10.4. The van der Waals surface area contributed by atoms with Crippen molar-refractivity contribution in [3.05, 3.63) is 71.9 Å². The maximum absolute atomic E-state index is 13.0. The van der Waals surface area contributed by atoms with Crippen LogP contribution in [0.4, 0.5) is 4.79 Å². The lowest BCUT2D eigenvalue weighted by Crippen LogP contribution is -2.55. The summed E-state index contributed by atoms with van der Waals surface area (Å²) in [6.07, 6.45) is 3.69. The number of aromatic nitrogens is 1. The molecule has 0 aliphatic carbocycles. The van der Waals surface area contributed by atoms with Crippen LogP contribution < -0.4 is 5.32 Å². The summed E-state index contributed by atoms with van der Waals surface area (Å²) in [5.41, 5.74) is 2.30. The summed E-state index contributed by atoms with van der Waals surface area (Å²) >= 11 is 0. The molecule has 1 aliphatic rings. The van der Waals surface area contributed by atoms with Crippen molar-refractivity contribution in [2.24, 2.45) is 0 Å². The Balaban J connectivity index is 1.34. The lowest BCUT2D eigenvalue weighted by Gasteiger charge is -2.33. The highest BCUT2D eigenvalue weighted by Gasteiger charge is 2.46. The quantitative estimate of drug-likeness (QED) is 0.651. The highest BCUT2D eigenvalue weighted by atomic mass is 16.6. The molecule has 1 aliphatic heterocycles. The number of para-hydroxylation sites is 1. The van der Waals surface area contributed by atoms with E-state index >= 15 is 0 Å². The summed E-state index contributed by atoms with van der Waals surface area (Å²) in [7, 11) is 0. The molecule has 1 aromatic heterocycles. The Bertz CT molecular complexity index is 1030. The predicted molar refractivity (Wildman–Crippen MR) is 116 cm³/mol. The average molecular weight is 405 g/mol. The predicted octanol–water partition coefficient (Wildman–Crippen LogP) is 4.02. The molecule has 1 atom stereocenters. The molecule has 2 heterocycles. The first-order valence-corrected chi connectivity index (χ1v) is 10.4. The number of carbonyl (C=O) groups excluding carboxylic acids is 2. The van der Waals surface area contributed by atoms with E-state index in [9.17, 15) is 9.59 Å². The second kappa shape index (κ2) is 8.61. The Morgan fingerprint density at radius 3 is 2.73 bits per heavy atom.